The Kier molecular flexibility index (Phi) is 9.33. The minimum absolute atomic E-state index is 0.134. The SMILES string of the molecule is CC[C@@H]1O[C@H](/C(C)=C/[C@@H](C)/C=C/[C@H]2[C@@H](C)[C@@H]2/C=C/[C@@H]2O[C@H](CC(=O)O)C[C@H](O)[C@H]2O)CC=C1C. The highest BCUT2D eigenvalue weighted by atomic mass is 16.5. The van der Waals surface area contributed by atoms with Gasteiger partial charge in [-0.15, -0.1) is 0 Å². The predicted octanol–water partition coefficient (Wildman–Crippen LogP) is 4.43. The van der Waals surface area contributed by atoms with E-state index in [1.807, 2.05) is 6.08 Å². The van der Waals surface area contributed by atoms with Crippen LogP contribution in [0.25, 0.3) is 0 Å². The van der Waals surface area contributed by atoms with Gasteiger partial charge < -0.3 is 24.8 Å². The molecule has 0 aromatic carbocycles. The van der Waals surface area contributed by atoms with Crippen LogP contribution in [0.1, 0.15) is 60.3 Å². The number of aliphatic carboxylic acids is 1. The summed E-state index contributed by atoms with van der Waals surface area (Å²) in [5.41, 5.74) is 2.61. The molecule has 0 aromatic heterocycles. The summed E-state index contributed by atoms with van der Waals surface area (Å²) in [5, 5.41) is 29.3. The first kappa shape index (κ1) is 26.9. The molecule has 1 saturated heterocycles. The number of hydrogen-bond acceptors (Lipinski definition) is 5. The number of carboxylic acid groups (broad SMARTS) is 1. The van der Waals surface area contributed by atoms with E-state index in [1.165, 1.54) is 11.1 Å². The standard InChI is InChI=1S/C28H42O6/c1-6-24-17(3)8-11-25(34-24)18(4)13-16(2)7-9-21-19(5)22(21)10-12-26-28(32)23(29)14-20(33-26)15-27(30)31/h7-10,12-13,16,19-26,28-29,32H,6,11,14-15H2,1-5H3,(H,30,31)/b9-7+,12-10+,18-13+/t16-,19+,20-,21-,22-,23-,24-,25-,26-,28+/m0/s1. The number of rotatable bonds is 9. The third-order valence-electron chi connectivity index (χ3n) is 7.56. The maximum Gasteiger partial charge on any atom is 0.305 e. The van der Waals surface area contributed by atoms with E-state index in [4.69, 9.17) is 14.6 Å². The van der Waals surface area contributed by atoms with Crippen LogP contribution in [0.2, 0.25) is 0 Å². The van der Waals surface area contributed by atoms with Gasteiger partial charge in [0, 0.05) is 6.42 Å². The molecule has 3 aliphatic rings. The van der Waals surface area contributed by atoms with Crippen LogP contribution < -0.4 is 0 Å². The molecule has 3 N–H and O–H groups in total. The van der Waals surface area contributed by atoms with Crippen molar-refractivity contribution in [1.82, 2.24) is 0 Å². The minimum Gasteiger partial charge on any atom is -0.481 e. The van der Waals surface area contributed by atoms with Gasteiger partial charge in [-0.3, -0.25) is 4.79 Å². The number of hydrogen-bond donors (Lipinski definition) is 3. The second-order valence-corrected chi connectivity index (χ2v) is 10.4. The highest BCUT2D eigenvalue weighted by molar-refractivity contribution is 5.67. The molecule has 10 atom stereocenters. The first-order valence-electron chi connectivity index (χ1n) is 12.7. The number of aliphatic hydroxyl groups is 2. The monoisotopic (exact) mass is 474 g/mol. The first-order chi connectivity index (χ1) is 16.1. The number of carbonyl (C=O) groups is 1. The predicted molar refractivity (Wildman–Crippen MR) is 132 cm³/mol. The molecule has 2 fully saturated rings. The molecule has 190 valence electrons. The summed E-state index contributed by atoms with van der Waals surface area (Å²) in [6, 6.07) is 0. The Morgan fingerprint density at radius 1 is 1.21 bits per heavy atom. The third-order valence-corrected chi connectivity index (χ3v) is 7.56. The summed E-state index contributed by atoms with van der Waals surface area (Å²) in [6.07, 6.45) is 11.9. The van der Waals surface area contributed by atoms with Crippen molar-refractivity contribution in [3.05, 3.63) is 47.6 Å². The van der Waals surface area contributed by atoms with Gasteiger partial charge >= 0.3 is 5.97 Å². The summed E-state index contributed by atoms with van der Waals surface area (Å²) >= 11 is 0. The maximum atomic E-state index is 11.0. The molecule has 2 aliphatic heterocycles. The van der Waals surface area contributed by atoms with Crippen molar-refractivity contribution in [3.8, 4) is 0 Å². The molecule has 1 saturated carbocycles. The molecule has 6 heteroatoms. The van der Waals surface area contributed by atoms with E-state index >= 15 is 0 Å². The van der Waals surface area contributed by atoms with Crippen LogP contribution in [0.15, 0.2) is 47.6 Å². The molecule has 3 rings (SSSR count). The lowest BCUT2D eigenvalue weighted by atomic mass is 9.95. The summed E-state index contributed by atoms with van der Waals surface area (Å²) < 4.78 is 12.0. The molecule has 0 unspecified atom stereocenters. The molecule has 34 heavy (non-hydrogen) atoms. The van der Waals surface area contributed by atoms with E-state index in [9.17, 15) is 15.0 Å². The van der Waals surface area contributed by atoms with Crippen molar-refractivity contribution in [3.63, 3.8) is 0 Å². The Labute approximate surface area is 204 Å². The topological polar surface area (TPSA) is 96.2 Å². The van der Waals surface area contributed by atoms with E-state index < -0.39 is 30.4 Å². The lowest BCUT2D eigenvalue weighted by Gasteiger charge is -2.35. The molecule has 0 spiro atoms. The van der Waals surface area contributed by atoms with Gasteiger partial charge in [0.1, 0.15) is 12.2 Å². The van der Waals surface area contributed by atoms with E-state index in [1.54, 1.807) is 6.08 Å². The third kappa shape index (κ3) is 6.91. The van der Waals surface area contributed by atoms with Crippen molar-refractivity contribution < 1.29 is 29.6 Å². The van der Waals surface area contributed by atoms with Crippen LogP contribution in [0.5, 0.6) is 0 Å². The highest BCUT2D eigenvalue weighted by Gasteiger charge is 2.43. The molecular formula is C28H42O6. The van der Waals surface area contributed by atoms with Gasteiger partial charge in [0.2, 0.25) is 0 Å². The Morgan fingerprint density at radius 3 is 2.59 bits per heavy atom. The van der Waals surface area contributed by atoms with Crippen molar-refractivity contribution in [2.75, 3.05) is 0 Å². The van der Waals surface area contributed by atoms with Crippen LogP contribution >= 0.6 is 0 Å². The largest absolute Gasteiger partial charge is 0.481 e. The van der Waals surface area contributed by atoms with Crippen molar-refractivity contribution in [2.24, 2.45) is 23.7 Å². The average Bonchev–Trinajstić information content (AvgIpc) is 3.40. The maximum absolute atomic E-state index is 11.0. The van der Waals surface area contributed by atoms with Gasteiger partial charge in [0.15, 0.2) is 0 Å². The normalized spacial score (nSPS) is 39.9. The second-order valence-electron chi connectivity index (χ2n) is 10.4. The van der Waals surface area contributed by atoms with Gasteiger partial charge in [-0.2, -0.15) is 0 Å². The van der Waals surface area contributed by atoms with Crippen LogP contribution in [-0.4, -0.2) is 57.9 Å². The zero-order valence-electron chi connectivity index (χ0n) is 21.1. The van der Waals surface area contributed by atoms with Gasteiger partial charge in [-0.25, -0.2) is 0 Å². The molecule has 1 aliphatic carbocycles. The first-order valence-corrected chi connectivity index (χ1v) is 12.7. The van der Waals surface area contributed by atoms with Crippen molar-refractivity contribution >= 4 is 5.97 Å². The van der Waals surface area contributed by atoms with Crippen LogP contribution in [0.3, 0.4) is 0 Å². The highest BCUT2D eigenvalue weighted by Crippen LogP contribution is 2.48. The molecule has 6 nitrogen and oxygen atoms in total. The average molecular weight is 475 g/mol. The summed E-state index contributed by atoms with van der Waals surface area (Å²) in [4.78, 5) is 11.0. The van der Waals surface area contributed by atoms with Gasteiger partial charge in [0.25, 0.3) is 0 Å². The van der Waals surface area contributed by atoms with Gasteiger partial charge in [-0.1, -0.05) is 57.2 Å². The Hall–Kier alpha value is -1.73. The van der Waals surface area contributed by atoms with Gasteiger partial charge in [-0.05, 0) is 61.5 Å². The lowest BCUT2D eigenvalue weighted by molar-refractivity contribution is -0.163. The van der Waals surface area contributed by atoms with E-state index in [2.05, 4.69) is 58.9 Å². The fourth-order valence-electron chi connectivity index (χ4n) is 5.22. The van der Waals surface area contributed by atoms with E-state index in [0.29, 0.717) is 23.7 Å². The quantitative estimate of drug-likeness (QED) is 0.428. The molecule has 2 heterocycles. The van der Waals surface area contributed by atoms with Gasteiger partial charge in [0.05, 0.1) is 30.8 Å². The number of carboxylic acids is 1. The number of ether oxygens (including phenoxy) is 2. The van der Waals surface area contributed by atoms with Crippen LogP contribution in [-0.2, 0) is 14.3 Å². The zero-order chi connectivity index (χ0) is 25.0. The minimum atomic E-state index is -1.04. The summed E-state index contributed by atoms with van der Waals surface area (Å²) in [6.45, 7) is 10.9. The molecular weight excluding hydrogens is 432 g/mol. The number of aliphatic hydroxyl groups excluding tert-OH is 2. The molecule has 0 radical (unpaired) electrons. The zero-order valence-corrected chi connectivity index (χ0v) is 21.1. The van der Waals surface area contributed by atoms with Crippen LogP contribution in [0.4, 0.5) is 0 Å². The number of allylic oxidation sites excluding steroid dienone is 4. The summed E-state index contributed by atoms with van der Waals surface area (Å²) in [5.74, 6) is 0.603. The molecule has 0 amide bonds. The van der Waals surface area contributed by atoms with E-state index in [0.717, 1.165) is 12.8 Å². The van der Waals surface area contributed by atoms with Crippen LogP contribution in [0, 0.1) is 23.7 Å². The fraction of sp³-hybridized carbons (Fsp3) is 0.679. The Morgan fingerprint density at radius 2 is 1.91 bits per heavy atom. The van der Waals surface area contributed by atoms with Crippen molar-refractivity contribution in [1.29, 1.82) is 0 Å². The smallest absolute Gasteiger partial charge is 0.305 e. The fourth-order valence-corrected chi connectivity index (χ4v) is 5.22. The summed E-state index contributed by atoms with van der Waals surface area (Å²) in [7, 11) is 0. The van der Waals surface area contributed by atoms with Crippen molar-refractivity contribution in [2.45, 2.75) is 96.9 Å². The lowest BCUT2D eigenvalue weighted by Crippen LogP contribution is -2.47. The molecule has 0 bridgehead atoms. The second kappa shape index (κ2) is 11.8. The molecule has 0 aromatic rings. The van der Waals surface area contributed by atoms with E-state index in [-0.39, 0.29) is 25.0 Å². The Balaban J connectivity index is 1.53. The Bertz CT molecular complexity index is 827.